The van der Waals surface area contributed by atoms with Crippen molar-refractivity contribution in [2.75, 3.05) is 5.32 Å². The first-order chi connectivity index (χ1) is 15.2. The normalized spacial score (nSPS) is 15.3. The van der Waals surface area contributed by atoms with Crippen LogP contribution < -0.4 is 5.32 Å². The van der Waals surface area contributed by atoms with Crippen molar-refractivity contribution in [2.45, 2.75) is 31.7 Å². The van der Waals surface area contributed by atoms with Gasteiger partial charge in [-0.05, 0) is 48.4 Å². The molecule has 0 radical (unpaired) electrons. The molecule has 8 nitrogen and oxygen atoms in total. The highest BCUT2D eigenvalue weighted by Gasteiger charge is 2.28. The summed E-state index contributed by atoms with van der Waals surface area (Å²) in [5.74, 6) is 2.73. The molecule has 1 amide bonds. The smallest absolute Gasteiger partial charge is 0.276 e. The summed E-state index contributed by atoms with van der Waals surface area (Å²) in [6, 6.07) is 7.76. The molecular weight excluding hydrogens is 390 g/mol. The van der Waals surface area contributed by atoms with E-state index in [1.165, 1.54) is 0 Å². The van der Waals surface area contributed by atoms with Crippen LogP contribution in [0.3, 0.4) is 0 Å². The molecule has 3 heterocycles. The van der Waals surface area contributed by atoms with Gasteiger partial charge in [0.25, 0.3) is 5.91 Å². The minimum Gasteiger partial charge on any atom is -0.318 e. The molecular formula is C23H21N7O. The number of amides is 1. The van der Waals surface area contributed by atoms with Crippen LogP contribution in [0.25, 0.3) is 0 Å². The molecule has 0 aliphatic heterocycles. The Morgan fingerprint density at radius 1 is 1.35 bits per heavy atom. The van der Waals surface area contributed by atoms with Crippen LogP contribution in [-0.4, -0.2) is 36.1 Å². The lowest BCUT2D eigenvalue weighted by atomic mass is 9.83. The first-order valence-corrected chi connectivity index (χ1v) is 10.1. The zero-order valence-electron chi connectivity index (χ0n) is 16.8. The molecule has 0 saturated carbocycles. The maximum Gasteiger partial charge on any atom is 0.276 e. The van der Waals surface area contributed by atoms with E-state index < -0.39 is 0 Å². The molecule has 4 aromatic rings. The summed E-state index contributed by atoms with van der Waals surface area (Å²) in [5.41, 5.74) is 6.11. The van der Waals surface area contributed by atoms with Crippen molar-refractivity contribution in [1.82, 2.24) is 30.2 Å². The van der Waals surface area contributed by atoms with Gasteiger partial charge in [-0.3, -0.25) is 19.7 Å². The van der Waals surface area contributed by atoms with Crippen molar-refractivity contribution in [3.8, 4) is 12.3 Å². The summed E-state index contributed by atoms with van der Waals surface area (Å²) in [6.07, 6.45) is 15.3. The van der Waals surface area contributed by atoms with E-state index >= 15 is 0 Å². The van der Waals surface area contributed by atoms with Gasteiger partial charge in [-0.15, -0.1) is 6.42 Å². The highest BCUT2D eigenvalue weighted by atomic mass is 16.2. The van der Waals surface area contributed by atoms with Crippen LogP contribution >= 0.6 is 0 Å². The standard InChI is InChI=1S/C23H21N7O/c1-2-15-4-3-5-16(8-15)13-30-14-19(12-26-30)27-23(31)22-20-9-17(18-10-24-25-11-18)6-7-21(20)28-29-22/h1,3-5,8,10-12,14,17H,6-7,9,13H2,(H,24,25)(H,27,31)(H,28,29). The number of aromatic amines is 2. The topological polar surface area (TPSA) is 104 Å². The molecule has 3 aromatic heterocycles. The number of anilines is 1. The number of carbonyl (C=O) groups excluding carboxylic acids is 1. The summed E-state index contributed by atoms with van der Waals surface area (Å²) in [6.45, 7) is 0.565. The van der Waals surface area contributed by atoms with Crippen molar-refractivity contribution in [1.29, 1.82) is 0 Å². The average Bonchev–Trinajstić information content (AvgIpc) is 3.54. The Balaban J connectivity index is 1.29. The third-order valence-corrected chi connectivity index (χ3v) is 5.68. The summed E-state index contributed by atoms with van der Waals surface area (Å²) in [7, 11) is 0. The second-order valence-corrected chi connectivity index (χ2v) is 7.73. The number of benzene rings is 1. The number of aryl methyl sites for hydroxylation is 1. The third kappa shape index (κ3) is 3.85. The number of aromatic nitrogens is 6. The van der Waals surface area contributed by atoms with E-state index in [2.05, 4.69) is 36.7 Å². The van der Waals surface area contributed by atoms with Gasteiger partial charge in [0.1, 0.15) is 0 Å². The highest BCUT2D eigenvalue weighted by molar-refractivity contribution is 6.04. The average molecular weight is 411 g/mol. The molecule has 1 aromatic carbocycles. The Hall–Kier alpha value is -4.12. The maximum atomic E-state index is 12.9. The van der Waals surface area contributed by atoms with Gasteiger partial charge < -0.3 is 5.32 Å². The molecule has 0 bridgehead atoms. The van der Waals surface area contributed by atoms with Crippen LogP contribution in [0.1, 0.15) is 50.8 Å². The lowest BCUT2D eigenvalue weighted by molar-refractivity contribution is 0.102. The first kappa shape index (κ1) is 18.9. The number of fused-ring (bicyclic) bond motifs is 1. The van der Waals surface area contributed by atoms with Crippen molar-refractivity contribution in [2.24, 2.45) is 0 Å². The number of carbonyl (C=O) groups is 1. The molecule has 0 spiro atoms. The number of hydrogen-bond donors (Lipinski definition) is 3. The molecule has 1 aliphatic rings. The lowest BCUT2D eigenvalue weighted by Crippen LogP contribution is -2.18. The summed E-state index contributed by atoms with van der Waals surface area (Å²) >= 11 is 0. The largest absolute Gasteiger partial charge is 0.318 e. The number of rotatable bonds is 5. The van der Waals surface area contributed by atoms with Crippen LogP contribution in [0.5, 0.6) is 0 Å². The van der Waals surface area contributed by atoms with Gasteiger partial charge in [-0.1, -0.05) is 18.1 Å². The fourth-order valence-electron chi connectivity index (χ4n) is 4.10. The Morgan fingerprint density at radius 3 is 3.13 bits per heavy atom. The minimum absolute atomic E-state index is 0.237. The Morgan fingerprint density at radius 2 is 2.29 bits per heavy atom. The highest BCUT2D eigenvalue weighted by Crippen LogP contribution is 2.33. The van der Waals surface area contributed by atoms with E-state index in [9.17, 15) is 4.79 Å². The van der Waals surface area contributed by atoms with E-state index in [1.807, 2.05) is 36.7 Å². The molecule has 31 heavy (non-hydrogen) atoms. The second-order valence-electron chi connectivity index (χ2n) is 7.73. The molecule has 1 unspecified atom stereocenters. The molecule has 0 fully saturated rings. The summed E-state index contributed by atoms with van der Waals surface area (Å²) < 4.78 is 1.76. The van der Waals surface area contributed by atoms with Gasteiger partial charge in [0.2, 0.25) is 0 Å². The van der Waals surface area contributed by atoms with Crippen LogP contribution in [0, 0.1) is 12.3 Å². The van der Waals surface area contributed by atoms with E-state index in [-0.39, 0.29) is 5.91 Å². The van der Waals surface area contributed by atoms with E-state index in [1.54, 1.807) is 17.1 Å². The van der Waals surface area contributed by atoms with E-state index in [0.717, 1.165) is 47.2 Å². The van der Waals surface area contributed by atoms with Gasteiger partial charge in [0.15, 0.2) is 5.69 Å². The zero-order chi connectivity index (χ0) is 21.2. The van der Waals surface area contributed by atoms with E-state index in [0.29, 0.717) is 23.8 Å². The van der Waals surface area contributed by atoms with Crippen LogP contribution in [0.2, 0.25) is 0 Å². The van der Waals surface area contributed by atoms with Crippen molar-refractivity contribution >= 4 is 11.6 Å². The molecule has 3 N–H and O–H groups in total. The van der Waals surface area contributed by atoms with Gasteiger partial charge in [0.05, 0.1) is 24.6 Å². The number of hydrogen-bond acceptors (Lipinski definition) is 4. The molecule has 1 atom stereocenters. The SMILES string of the molecule is C#Cc1cccc(Cn2cc(NC(=O)c3n[nH]c4c3CC(c3cn[nH]c3)CC4)cn2)c1. The quantitative estimate of drug-likeness (QED) is 0.439. The van der Waals surface area contributed by atoms with Crippen molar-refractivity contribution in [3.63, 3.8) is 0 Å². The van der Waals surface area contributed by atoms with Crippen molar-refractivity contribution < 1.29 is 4.79 Å². The van der Waals surface area contributed by atoms with Crippen LogP contribution in [0.4, 0.5) is 5.69 Å². The minimum atomic E-state index is -0.237. The van der Waals surface area contributed by atoms with Gasteiger partial charge in [-0.2, -0.15) is 15.3 Å². The van der Waals surface area contributed by atoms with Crippen molar-refractivity contribution in [3.05, 3.63) is 82.7 Å². The zero-order valence-corrected chi connectivity index (χ0v) is 16.8. The number of nitrogens with zero attached hydrogens (tertiary/aromatic N) is 4. The van der Waals surface area contributed by atoms with Gasteiger partial charge >= 0.3 is 0 Å². The Kier molecular flexibility index (Phi) is 4.84. The van der Waals surface area contributed by atoms with E-state index in [4.69, 9.17) is 6.42 Å². The van der Waals surface area contributed by atoms with Gasteiger partial charge in [-0.25, -0.2) is 0 Å². The molecule has 154 valence electrons. The summed E-state index contributed by atoms with van der Waals surface area (Å²) in [5, 5.41) is 21.5. The van der Waals surface area contributed by atoms with Crippen LogP contribution in [0.15, 0.2) is 49.1 Å². The lowest BCUT2D eigenvalue weighted by Gasteiger charge is -2.21. The van der Waals surface area contributed by atoms with Gasteiger partial charge in [0, 0.05) is 29.2 Å². The predicted molar refractivity (Wildman–Crippen MR) is 116 cm³/mol. The second kappa shape index (κ2) is 7.95. The maximum absolute atomic E-state index is 12.9. The summed E-state index contributed by atoms with van der Waals surface area (Å²) in [4.78, 5) is 12.9. The molecule has 0 saturated heterocycles. The van der Waals surface area contributed by atoms with Crippen LogP contribution in [-0.2, 0) is 19.4 Å². The Bertz CT molecular complexity index is 1260. The number of terminal acetylenes is 1. The number of H-pyrrole nitrogens is 2. The first-order valence-electron chi connectivity index (χ1n) is 10.1. The molecule has 8 heteroatoms. The Labute approximate surface area is 179 Å². The predicted octanol–water partition coefficient (Wildman–Crippen LogP) is 2.88. The monoisotopic (exact) mass is 411 g/mol. The molecule has 1 aliphatic carbocycles. The fourth-order valence-corrected chi connectivity index (χ4v) is 4.10. The number of nitrogens with one attached hydrogen (secondary N) is 3. The fraction of sp³-hybridized carbons (Fsp3) is 0.217. The third-order valence-electron chi connectivity index (χ3n) is 5.68. The molecule has 5 rings (SSSR count).